The Morgan fingerprint density at radius 2 is 1.79 bits per heavy atom. The lowest BCUT2D eigenvalue weighted by atomic mass is 9.96. The fourth-order valence-corrected chi connectivity index (χ4v) is 2.24. The molecule has 0 saturated carbocycles. The van der Waals surface area contributed by atoms with Gasteiger partial charge < -0.3 is 15.8 Å². The Morgan fingerprint density at radius 3 is 2.16 bits per heavy atom. The lowest BCUT2D eigenvalue weighted by Gasteiger charge is -2.28. The van der Waals surface area contributed by atoms with Gasteiger partial charge in [-0.1, -0.05) is 38.8 Å². The van der Waals surface area contributed by atoms with Gasteiger partial charge in [0.1, 0.15) is 5.84 Å². The predicted octanol–water partition coefficient (Wildman–Crippen LogP) is 2.43. The molecule has 3 N–H and O–H groups in total. The van der Waals surface area contributed by atoms with E-state index in [0.717, 1.165) is 25.7 Å². The number of amidine groups is 1. The third kappa shape index (κ3) is 5.94. The highest BCUT2D eigenvalue weighted by Gasteiger charge is 2.24. The summed E-state index contributed by atoms with van der Waals surface area (Å²) in [5.41, 5.74) is 5.58. The zero-order chi connectivity index (χ0) is 14.8. The molecular formula is C14H29N3O2. The molecule has 0 spiro atoms. The van der Waals surface area contributed by atoms with Gasteiger partial charge in [0.15, 0.2) is 0 Å². The van der Waals surface area contributed by atoms with Crippen LogP contribution < -0.4 is 5.73 Å². The first-order chi connectivity index (χ1) is 9.01. The highest BCUT2D eigenvalue weighted by Crippen LogP contribution is 2.17. The van der Waals surface area contributed by atoms with Crippen molar-refractivity contribution in [1.82, 2.24) is 4.90 Å². The van der Waals surface area contributed by atoms with Gasteiger partial charge in [-0.3, -0.25) is 4.79 Å². The van der Waals surface area contributed by atoms with E-state index in [4.69, 9.17) is 10.9 Å². The van der Waals surface area contributed by atoms with E-state index in [9.17, 15) is 4.79 Å². The molecule has 0 radical (unpaired) electrons. The summed E-state index contributed by atoms with van der Waals surface area (Å²) in [6, 6.07) is 0. The average molecular weight is 271 g/mol. The van der Waals surface area contributed by atoms with Crippen LogP contribution in [0.4, 0.5) is 0 Å². The molecule has 1 amide bonds. The maximum absolute atomic E-state index is 12.5. The fraction of sp³-hybridized carbons (Fsp3) is 0.857. The smallest absolute Gasteiger partial charge is 0.225 e. The maximum Gasteiger partial charge on any atom is 0.225 e. The van der Waals surface area contributed by atoms with Crippen molar-refractivity contribution < 1.29 is 10.0 Å². The highest BCUT2D eigenvalue weighted by molar-refractivity contribution is 5.83. The quantitative estimate of drug-likeness (QED) is 0.292. The summed E-state index contributed by atoms with van der Waals surface area (Å²) in [6.07, 6.45) is 3.90. The maximum atomic E-state index is 12.5. The topological polar surface area (TPSA) is 78.9 Å². The van der Waals surface area contributed by atoms with Crippen LogP contribution in [0.3, 0.4) is 0 Å². The van der Waals surface area contributed by atoms with E-state index in [-0.39, 0.29) is 23.6 Å². The minimum atomic E-state index is -0.127. The molecule has 0 rings (SSSR count). The first kappa shape index (κ1) is 17.7. The summed E-state index contributed by atoms with van der Waals surface area (Å²) in [6.45, 7) is 9.20. The molecule has 0 aromatic carbocycles. The predicted molar refractivity (Wildman–Crippen MR) is 78.1 cm³/mol. The van der Waals surface area contributed by atoms with Crippen molar-refractivity contribution in [1.29, 1.82) is 0 Å². The fourth-order valence-electron chi connectivity index (χ4n) is 2.24. The van der Waals surface area contributed by atoms with Gasteiger partial charge in [-0.2, -0.15) is 0 Å². The third-order valence-corrected chi connectivity index (χ3v) is 3.43. The van der Waals surface area contributed by atoms with Crippen LogP contribution in [0.1, 0.15) is 53.4 Å². The van der Waals surface area contributed by atoms with E-state index in [0.29, 0.717) is 13.1 Å². The second-order valence-corrected chi connectivity index (χ2v) is 5.08. The molecule has 112 valence electrons. The van der Waals surface area contributed by atoms with E-state index < -0.39 is 0 Å². The van der Waals surface area contributed by atoms with Crippen molar-refractivity contribution in [3.8, 4) is 0 Å². The highest BCUT2D eigenvalue weighted by atomic mass is 16.4. The Kier molecular flexibility index (Phi) is 9.00. The molecule has 0 aliphatic carbocycles. The number of oxime groups is 1. The first-order valence-electron chi connectivity index (χ1n) is 7.27. The van der Waals surface area contributed by atoms with Crippen molar-refractivity contribution in [2.24, 2.45) is 22.7 Å². The lowest BCUT2D eigenvalue weighted by molar-refractivity contribution is -0.136. The normalized spacial score (nSPS) is 13.6. The second kappa shape index (κ2) is 9.64. The van der Waals surface area contributed by atoms with Crippen LogP contribution >= 0.6 is 0 Å². The van der Waals surface area contributed by atoms with Crippen LogP contribution in [0.2, 0.25) is 0 Å². The molecule has 0 heterocycles. The Balaban J connectivity index is 4.68. The Bertz CT molecular complexity index is 286. The average Bonchev–Trinajstić information content (AvgIpc) is 2.42. The number of amides is 1. The first-order valence-corrected chi connectivity index (χ1v) is 7.27. The Morgan fingerprint density at radius 1 is 1.26 bits per heavy atom. The number of nitrogens with zero attached hydrogens (tertiary/aromatic N) is 2. The van der Waals surface area contributed by atoms with Crippen LogP contribution in [-0.4, -0.2) is 34.9 Å². The molecular weight excluding hydrogens is 242 g/mol. The summed E-state index contributed by atoms with van der Waals surface area (Å²) in [5.74, 6) is 0.352. The van der Waals surface area contributed by atoms with Gasteiger partial charge in [0.2, 0.25) is 5.91 Å². The molecule has 19 heavy (non-hydrogen) atoms. The summed E-state index contributed by atoms with van der Waals surface area (Å²) in [4.78, 5) is 14.3. The molecule has 0 saturated heterocycles. The van der Waals surface area contributed by atoms with Gasteiger partial charge in [0.25, 0.3) is 0 Å². The van der Waals surface area contributed by atoms with E-state index in [2.05, 4.69) is 19.0 Å². The standard InChI is InChI=1S/C14H29N3O2/c1-5-8-12(9-6-2)14(18)17(7-3)10-11(4)13(15)16-19/h11-12,19H,5-10H2,1-4H3,(H2,15,16). The molecule has 5 nitrogen and oxygen atoms in total. The van der Waals surface area contributed by atoms with Crippen molar-refractivity contribution >= 4 is 11.7 Å². The molecule has 0 fully saturated rings. The van der Waals surface area contributed by atoms with Crippen LogP contribution in [-0.2, 0) is 4.79 Å². The molecule has 5 heteroatoms. The molecule has 0 aromatic rings. The number of carbonyl (C=O) groups is 1. The van der Waals surface area contributed by atoms with E-state index in [1.54, 1.807) is 0 Å². The van der Waals surface area contributed by atoms with E-state index in [1.165, 1.54) is 0 Å². The number of hydrogen-bond donors (Lipinski definition) is 2. The lowest BCUT2D eigenvalue weighted by Crippen LogP contribution is -2.41. The molecule has 1 atom stereocenters. The van der Waals surface area contributed by atoms with Gasteiger partial charge in [0, 0.05) is 24.9 Å². The molecule has 0 aliphatic heterocycles. The molecule has 0 aromatic heterocycles. The van der Waals surface area contributed by atoms with Crippen molar-refractivity contribution in [2.45, 2.75) is 53.4 Å². The number of nitrogens with two attached hydrogens (primary N) is 1. The van der Waals surface area contributed by atoms with Gasteiger partial charge in [0.05, 0.1) is 0 Å². The molecule has 0 bridgehead atoms. The van der Waals surface area contributed by atoms with Crippen LogP contribution in [0, 0.1) is 11.8 Å². The number of rotatable bonds is 9. The monoisotopic (exact) mass is 271 g/mol. The second-order valence-electron chi connectivity index (χ2n) is 5.08. The number of carbonyl (C=O) groups excluding carboxylic acids is 1. The van der Waals surface area contributed by atoms with Crippen LogP contribution in [0.25, 0.3) is 0 Å². The zero-order valence-corrected chi connectivity index (χ0v) is 12.7. The largest absolute Gasteiger partial charge is 0.409 e. The molecule has 0 aliphatic rings. The Hall–Kier alpha value is -1.26. The van der Waals surface area contributed by atoms with Crippen molar-refractivity contribution in [3.05, 3.63) is 0 Å². The van der Waals surface area contributed by atoms with E-state index in [1.807, 2.05) is 18.7 Å². The number of hydrogen-bond acceptors (Lipinski definition) is 3. The minimum Gasteiger partial charge on any atom is -0.409 e. The van der Waals surface area contributed by atoms with Gasteiger partial charge in [-0.25, -0.2) is 0 Å². The summed E-state index contributed by atoms with van der Waals surface area (Å²) >= 11 is 0. The van der Waals surface area contributed by atoms with Gasteiger partial charge in [-0.05, 0) is 19.8 Å². The third-order valence-electron chi connectivity index (χ3n) is 3.43. The van der Waals surface area contributed by atoms with Gasteiger partial charge in [-0.15, -0.1) is 0 Å². The summed E-state index contributed by atoms with van der Waals surface area (Å²) in [5, 5.41) is 11.7. The van der Waals surface area contributed by atoms with Crippen LogP contribution in [0.5, 0.6) is 0 Å². The van der Waals surface area contributed by atoms with Crippen molar-refractivity contribution in [2.75, 3.05) is 13.1 Å². The summed E-state index contributed by atoms with van der Waals surface area (Å²) in [7, 11) is 0. The Labute approximate surface area is 116 Å². The van der Waals surface area contributed by atoms with Crippen LogP contribution in [0.15, 0.2) is 5.16 Å². The minimum absolute atomic E-state index is 0.106. The van der Waals surface area contributed by atoms with Gasteiger partial charge >= 0.3 is 0 Å². The van der Waals surface area contributed by atoms with Crippen molar-refractivity contribution in [3.63, 3.8) is 0 Å². The SMILES string of the molecule is CCCC(CCC)C(=O)N(CC)CC(C)C(N)=NO. The molecule has 1 unspecified atom stereocenters. The summed E-state index contributed by atoms with van der Waals surface area (Å²) < 4.78 is 0. The van der Waals surface area contributed by atoms with E-state index >= 15 is 0 Å². The zero-order valence-electron chi connectivity index (χ0n) is 12.7.